The highest BCUT2D eigenvalue weighted by atomic mass is 35.5. The van der Waals surface area contributed by atoms with Gasteiger partial charge in [0, 0.05) is 17.8 Å². The lowest BCUT2D eigenvalue weighted by Crippen LogP contribution is -2.09. The number of hydrogen-bond donors (Lipinski definition) is 0. The van der Waals surface area contributed by atoms with Crippen LogP contribution in [0.1, 0.15) is 43.4 Å². The molecular formula is C17H22ClNO. The number of aromatic nitrogens is 1. The van der Waals surface area contributed by atoms with Gasteiger partial charge in [-0.15, -0.1) is 12.4 Å². The van der Waals surface area contributed by atoms with Gasteiger partial charge in [0.1, 0.15) is 5.75 Å². The van der Waals surface area contributed by atoms with Crippen LogP contribution in [0.3, 0.4) is 0 Å². The van der Waals surface area contributed by atoms with Crippen LogP contribution in [0.5, 0.6) is 5.75 Å². The van der Waals surface area contributed by atoms with E-state index < -0.39 is 0 Å². The van der Waals surface area contributed by atoms with Crippen LogP contribution in [0.15, 0.2) is 48.7 Å². The van der Waals surface area contributed by atoms with E-state index in [1.807, 2.05) is 24.4 Å². The maximum Gasteiger partial charge on any atom is 0.118 e. The molecule has 0 bridgehead atoms. The van der Waals surface area contributed by atoms with Crippen molar-refractivity contribution in [3.63, 3.8) is 0 Å². The minimum absolute atomic E-state index is 0. The lowest BCUT2D eigenvalue weighted by molar-refractivity contribution is 0.414. The van der Waals surface area contributed by atoms with Crippen LogP contribution in [0.25, 0.3) is 0 Å². The van der Waals surface area contributed by atoms with Crippen LogP contribution in [0.4, 0.5) is 0 Å². The standard InChI is InChI=1S/C17H21NO.ClH/c1-4-16(17-7-5-6-12-18-17)13(2)14-8-10-15(19-3)11-9-14;/h5-13,16H,4H2,1-3H3;1H. The number of rotatable bonds is 5. The summed E-state index contributed by atoms with van der Waals surface area (Å²) in [6.45, 7) is 4.49. The van der Waals surface area contributed by atoms with Crippen LogP contribution in [0.2, 0.25) is 0 Å². The molecule has 0 radical (unpaired) electrons. The van der Waals surface area contributed by atoms with E-state index in [1.165, 1.54) is 11.3 Å². The Hall–Kier alpha value is -1.54. The van der Waals surface area contributed by atoms with Gasteiger partial charge in [0.25, 0.3) is 0 Å². The van der Waals surface area contributed by atoms with E-state index in [4.69, 9.17) is 4.74 Å². The molecule has 108 valence electrons. The van der Waals surface area contributed by atoms with Crippen LogP contribution in [0, 0.1) is 0 Å². The largest absolute Gasteiger partial charge is 0.497 e. The van der Waals surface area contributed by atoms with E-state index in [9.17, 15) is 0 Å². The third kappa shape index (κ3) is 3.73. The average Bonchev–Trinajstić information content (AvgIpc) is 2.49. The molecule has 0 saturated carbocycles. The van der Waals surface area contributed by atoms with Crippen molar-refractivity contribution in [2.24, 2.45) is 0 Å². The fourth-order valence-corrected chi connectivity index (χ4v) is 2.55. The zero-order valence-corrected chi connectivity index (χ0v) is 13.1. The van der Waals surface area contributed by atoms with Gasteiger partial charge in [-0.2, -0.15) is 0 Å². The summed E-state index contributed by atoms with van der Waals surface area (Å²) < 4.78 is 5.21. The third-order valence-electron chi connectivity index (χ3n) is 3.75. The maximum atomic E-state index is 5.21. The van der Waals surface area contributed by atoms with Gasteiger partial charge < -0.3 is 4.74 Å². The van der Waals surface area contributed by atoms with Crippen molar-refractivity contribution in [1.29, 1.82) is 0 Å². The van der Waals surface area contributed by atoms with Gasteiger partial charge >= 0.3 is 0 Å². The maximum absolute atomic E-state index is 5.21. The summed E-state index contributed by atoms with van der Waals surface area (Å²) in [7, 11) is 1.70. The van der Waals surface area contributed by atoms with Gasteiger partial charge in [-0.1, -0.05) is 32.0 Å². The van der Waals surface area contributed by atoms with Crippen molar-refractivity contribution >= 4 is 12.4 Å². The molecule has 3 heteroatoms. The predicted molar refractivity (Wildman–Crippen MR) is 85.9 cm³/mol. The van der Waals surface area contributed by atoms with Crippen molar-refractivity contribution in [3.05, 3.63) is 59.9 Å². The number of halogens is 1. The Labute approximate surface area is 127 Å². The topological polar surface area (TPSA) is 22.1 Å². The Morgan fingerprint density at radius 1 is 1.10 bits per heavy atom. The third-order valence-corrected chi connectivity index (χ3v) is 3.75. The average molecular weight is 292 g/mol. The molecule has 2 nitrogen and oxygen atoms in total. The summed E-state index contributed by atoms with van der Waals surface area (Å²) in [6, 6.07) is 14.5. The second kappa shape index (κ2) is 7.91. The molecule has 20 heavy (non-hydrogen) atoms. The molecule has 1 aromatic heterocycles. The highest BCUT2D eigenvalue weighted by molar-refractivity contribution is 5.85. The number of methoxy groups -OCH3 is 1. The molecule has 2 aromatic rings. The molecular weight excluding hydrogens is 270 g/mol. The molecule has 2 unspecified atom stereocenters. The minimum atomic E-state index is 0. The van der Waals surface area contributed by atoms with Gasteiger partial charge in [0.2, 0.25) is 0 Å². The Bertz CT molecular complexity index is 498. The fourth-order valence-electron chi connectivity index (χ4n) is 2.55. The number of benzene rings is 1. The van der Waals surface area contributed by atoms with Crippen molar-refractivity contribution in [1.82, 2.24) is 4.98 Å². The molecule has 2 rings (SSSR count). The van der Waals surface area contributed by atoms with E-state index in [0.29, 0.717) is 11.8 Å². The zero-order valence-electron chi connectivity index (χ0n) is 12.2. The first kappa shape index (κ1) is 16.5. The summed E-state index contributed by atoms with van der Waals surface area (Å²) in [5.74, 6) is 1.81. The van der Waals surface area contributed by atoms with Gasteiger partial charge in [0.05, 0.1) is 7.11 Å². The van der Waals surface area contributed by atoms with Gasteiger partial charge in [-0.25, -0.2) is 0 Å². The van der Waals surface area contributed by atoms with E-state index in [2.05, 4.69) is 43.1 Å². The highest BCUT2D eigenvalue weighted by Crippen LogP contribution is 2.34. The lowest BCUT2D eigenvalue weighted by Gasteiger charge is -2.22. The van der Waals surface area contributed by atoms with Crippen molar-refractivity contribution in [2.45, 2.75) is 32.1 Å². The first-order valence-corrected chi connectivity index (χ1v) is 6.81. The second-order valence-electron chi connectivity index (χ2n) is 4.83. The van der Waals surface area contributed by atoms with Crippen LogP contribution < -0.4 is 4.74 Å². The molecule has 0 spiro atoms. The Morgan fingerprint density at radius 3 is 2.30 bits per heavy atom. The molecule has 0 aliphatic carbocycles. The molecule has 1 aromatic carbocycles. The molecule has 0 saturated heterocycles. The van der Waals surface area contributed by atoms with Crippen LogP contribution in [-0.4, -0.2) is 12.1 Å². The minimum Gasteiger partial charge on any atom is -0.497 e. The van der Waals surface area contributed by atoms with Crippen LogP contribution in [-0.2, 0) is 0 Å². The summed E-state index contributed by atoms with van der Waals surface area (Å²) in [4.78, 5) is 4.51. The number of nitrogens with zero attached hydrogens (tertiary/aromatic N) is 1. The zero-order chi connectivity index (χ0) is 13.7. The van der Waals surface area contributed by atoms with Gasteiger partial charge in [-0.05, 0) is 42.2 Å². The molecule has 0 fully saturated rings. The summed E-state index contributed by atoms with van der Waals surface area (Å²) in [5.41, 5.74) is 2.51. The molecule has 0 N–H and O–H groups in total. The van der Waals surface area contributed by atoms with Crippen molar-refractivity contribution < 1.29 is 4.74 Å². The first-order chi connectivity index (χ1) is 9.26. The van der Waals surface area contributed by atoms with Gasteiger partial charge in [0.15, 0.2) is 0 Å². The second-order valence-corrected chi connectivity index (χ2v) is 4.83. The number of ether oxygens (including phenoxy) is 1. The summed E-state index contributed by atoms with van der Waals surface area (Å²) in [6.07, 6.45) is 2.96. The molecule has 1 heterocycles. The van der Waals surface area contributed by atoms with Crippen molar-refractivity contribution in [2.75, 3.05) is 7.11 Å². The molecule has 0 aliphatic heterocycles. The molecule has 0 aliphatic rings. The Balaban J connectivity index is 0.00000200. The van der Waals surface area contributed by atoms with Crippen LogP contribution >= 0.6 is 12.4 Å². The number of hydrogen-bond acceptors (Lipinski definition) is 2. The fraction of sp³-hybridized carbons (Fsp3) is 0.353. The van der Waals surface area contributed by atoms with Crippen molar-refractivity contribution in [3.8, 4) is 5.75 Å². The quantitative estimate of drug-likeness (QED) is 0.789. The molecule has 2 atom stereocenters. The number of pyridine rings is 1. The van der Waals surface area contributed by atoms with E-state index in [0.717, 1.165) is 12.2 Å². The van der Waals surface area contributed by atoms with E-state index in [-0.39, 0.29) is 12.4 Å². The smallest absolute Gasteiger partial charge is 0.118 e. The normalized spacial score (nSPS) is 13.2. The molecule has 0 amide bonds. The Morgan fingerprint density at radius 2 is 1.80 bits per heavy atom. The van der Waals surface area contributed by atoms with E-state index in [1.54, 1.807) is 7.11 Å². The highest BCUT2D eigenvalue weighted by Gasteiger charge is 2.20. The lowest BCUT2D eigenvalue weighted by atomic mass is 9.83. The SMILES string of the molecule is CCC(c1ccccn1)C(C)c1ccc(OC)cc1.Cl. The predicted octanol–water partition coefficient (Wildman–Crippen LogP) is 4.81. The first-order valence-electron chi connectivity index (χ1n) is 6.81. The van der Waals surface area contributed by atoms with Gasteiger partial charge in [-0.3, -0.25) is 4.98 Å². The summed E-state index contributed by atoms with van der Waals surface area (Å²) >= 11 is 0. The monoisotopic (exact) mass is 291 g/mol. The van der Waals surface area contributed by atoms with E-state index >= 15 is 0 Å². The summed E-state index contributed by atoms with van der Waals surface area (Å²) in [5, 5.41) is 0. The Kier molecular flexibility index (Phi) is 6.53.